The predicted molar refractivity (Wildman–Crippen MR) is 80.0 cm³/mol. The average molecular weight is 322 g/mol. The fourth-order valence-electron chi connectivity index (χ4n) is 2.64. The molecular formula is C16H17F3N4. The zero-order chi connectivity index (χ0) is 16.3. The van der Waals surface area contributed by atoms with Crippen LogP contribution in [-0.2, 0) is 25.8 Å². The van der Waals surface area contributed by atoms with Crippen LogP contribution in [0.15, 0.2) is 24.5 Å². The Hall–Kier alpha value is -2.18. The molecule has 3 rings (SSSR count). The Kier molecular flexibility index (Phi) is 4.45. The molecule has 1 aliphatic rings. The van der Waals surface area contributed by atoms with E-state index in [2.05, 4.69) is 26.3 Å². The molecule has 0 saturated carbocycles. The van der Waals surface area contributed by atoms with Crippen LogP contribution in [0.25, 0.3) is 0 Å². The standard InChI is InChI=1S/C16H17F3N4/c17-16(18,19)6-4-13-5-7-20-15(23-13)22-10-11-8-12-2-1-3-14(12)21-9-11/h5,7-9H,1-4,6,10H2,(H,20,22,23). The van der Waals surface area contributed by atoms with Crippen molar-refractivity contribution in [3.8, 4) is 0 Å². The summed E-state index contributed by atoms with van der Waals surface area (Å²) >= 11 is 0. The van der Waals surface area contributed by atoms with E-state index in [1.807, 2.05) is 6.20 Å². The minimum absolute atomic E-state index is 0.138. The largest absolute Gasteiger partial charge is 0.389 e. The zero-order valence-corrected chi connectivity index (χ0v) is 12.5. The topological polar surface area (TPSA) is 50.7 Å². The number of halogens is 3. The van der Waals surface area contributed by atoms with Gasteiger partial charge in [-0.25, -0.2) is 9.97 Å². The van der Waals surface area contributed by atoms with Crippen LogP contribution in [0.2, 0.25) is 0 Å². The van der Waals surface area contributed by atoms with Gasteiger partial charge in [-0.1, -0.05) is 6.07 Å². The number of fused-ring (bicyclic) bond motifs is 1. The van der Waals surface area contributed by atoms with Gasteiger partial charge in [0.05, 0.1) is 0 Å². The molecule has 0 saturated heterocycles. The van der Waals surface area contributed by atoms with Crippen LogP contribution in [0.3, 0.4) is 0 Å². The SMILES string of the molecule is FC(F)(F)CCc1ccnc(NCc2cnc3c(c2)CCC3)n1. The normalized spacial score (nSPS) is 13.9. The number of aromatic nitrogens is 3. The molecule has 2 aromatic rings. The maximum absolute atomic E-state index is 12.3. The number of pyridine rings is 1. The monoisotopic (exact) mass is 322 g/mol. The Labute approximate surface area is 132 Å². The minimum Gasteiger partial charge on any atom is -0.350 e. The van der Waals surface area contributed by atoms with Gasteiger partial charge in [0.15, 0.2) is 0 Å². The molecule has 2 heterocycles. The number of hydrogen-bond acceptors (Lipinski definition) is 4. The maximum atomic E-state index is 12.3. The van der Waals surface area contributed by atoms with Crippen LogP contribution >= 0.6 is 0 Å². The lowest BCUT2D eigenvalue weighted by Gasteiger charge is -2.09. The van der Waals surface area contributed by atoms with E-state index in [4.69, 9.17) is 0 Å². The second kappa shape index (κ2) is 6.52. The summed E-state index contributed by atoms with van der Waals surface area (Å²) in [5.74, 6) is 0.338. The highest BCUT2D eigenvalue weighted by Crippen LogP contribution is 2.22. The van der Waals surface area contributed by atoms with Crippen molar-refractivity contribution in [2.75, 3.05) is 5.32 Å². The summed E-state index contributed by atoms with van der Waals surface area (Å²) in [5, 5.41) is 3.05. The molecule has 122 valence electrons. The van der Waals surface area contributed by atoms with Crippen LogP contribution in [0.4, 0.5) is 19.1 Å². The number of alkyl halides is 3. The summed E-state index contributed by atoms with van der Waals surface area (Å²) in [7, 11) is 0. The zero-order valence-electron chi connectivity index (χ0n) is 12.5. The van der Waals surface area contributed by atoms with Gasteiger partial charge in [0.1, 0.15) is 0 Å². The van der Waals surface area contributed by atoms with Crippen LogP contribution < -0.4 is 5.32 Å². The van der Waals surface area contributed by atoms with Crippen molar-refractivity contribution in [1.82, 2.24) is 15.0 Å². The highest BCUT2D eigenvalue weighted by Gasteiger charge is 2.26. The lowest BCUT2D eigenvalue weighted by atomic mass is 10.1. The fourth-order valence-corrected chi connectivity index (χ4v) is 2.64. The van der Waals surface area contributed by atoms with Crippen LogP contribution in [-0.4, -0.2) is 21.1 Å². The number of nitrogens with zero attached hydrogens (tertiary/aromatic N) is 3. The molecule has 0 atom stereocenters. The molecular weight excluding hydrogens is 305 g/mol. The van der Waals surface area contributed by atoms with Crippen molar-refractivity contribution >= 4 is 5.95 Å². The molecule has 4 nitrogen and oxygen atoms in total. The van der Waals surface area contributed by atoms with Crippen molar-refractivity contribution in [1.29, 1.82) is 0 Å². The Balaban J connectivity index is 1.60. The fraction of sp³-hybridized carbons (Fsp3) is 0.438. The Bertz CT molecular complexity index is 685. The number of anilines is 1. The van der Waals surface area contributed by atoms with Gasteiger partial charge in [-0.15, -0.1) is 0 Å². The van der Waals surface area contributed by atoms with E-state index < -0.39 is 12.6 Å². The molecule has 23 heavy (non-hydrogen) atoms. The summed E-state index contributed by atoms with van der Waals surface area (Å²) in [6, 6.07) is 3.63. The molecule has 0 aromatic carbocycles. The van der Waals surface area contributed by atoms with E-state index in [9.17, 15) is 13.2 Å². The molecule has 0 aliphatic heterocycles. The predicted octanol–water partition coefficient (Wildman–Crippen LogP) is 3.47. The third kappa shape index (κ3) is 4.40. The molecule has 1 N–H and O–H groups in total. The van der Waals surface area contributed by atoms with Gasteiger partial charge in [-0.2, -0.15) is 13.2 Å². The van der Waals surface area contributed by atoms with Gasteiger partial charge in [-0.05, 0) is 42.9 Å². The van der Waals surface area contributed by atoms with Crippen molar-refractivity contribution in [3.05, 3.63) is 47.0 Å². The van der Waals surface area contributed by atoms with E-state index in [-0.39, 0.29) is 6.42 Å². The maximum Gasteiger partial charge on any atom is 0.389 e. The van der Waals surface area contributed by atoms with Crippen LogP contribution in [0.1, 0.15) is 35.4 Å². The van der Waals surface area contributed by atoms with Gasteiger partial charge in [-0.3, -0.25) is 4.98 Å². The molecule has 1 aliphatic carbocycles. The molecule has 0 fully saturated rings. The molecule has 7 heteroatoms. The van der Waals surface area contributed by atoms with Gasteiger partial charge < -0.3 is 5.32 Å². The number of nitrogens with one attached hydrogen (secondary N) is 1. The first kappa shape index (κ1) is 15.7. The quantitative estimate of drug-likeness (QED) is 0.916. The second-order valence-corrected chi connectivity index (χ2v) is 5.64. The number of aryl methyl sites for hydroxylation is 3. The van der Waals surface area contributed by atoms with Crippen LogP contribution in [0, 0.1) is 0 Å². The lowest BCUT2D eigenvalue weighted by molar-refractivity contribution is -0.134. The summed E-state index contributed by atoms with van der Waals surface area (Å²) in [5.41, 5.74) is 3.85. The minimum atomic E-state index is -4.17. The number of hydrogen-bond donors (Lipinski definition) is 1. The average Bonchev–Trinajstić information content (AvgIpc) is 2.98. The third-order valence-electron chi connectivity index (χ3n) is 3.80. The smallest absolute Gasteiger partial charge is 0.350 e. The van der Waals surface area contributed by atoms with Crippen molar-refractivity contribution in [3.63, 3.8) is 0 Å². The summed E-state index contributed by atoms with van der Waals surface area (Å²) in [4.78, 5) is 12.6. The first-order valence-corrected chi connectivity index (χ1v) is 7.59. The van der Waals surface area contributed by atoms with Crippen LogP contribution in [0.5, 0.6) is 0 Å². The van der Waals surface area contributed by atoms with E-state index >= 15 is 0 Å². The Morgan fingerprint density at radius 2 is 2.04 bits per heavy atom. The van der Waals surface area contributed by atoms with Gasteiger partial charge in [0.25, 0.3) is 0 Å². The summed E-state index contributed by atoms with van der Waals surface area (Å²) < 4.78 is 36.8. The van der Waals surface area contributed by atoms with E-state index in [1.54, 1.807) is 0 Å². The van der Waals surface area contributed by atoms with E-state index in [1.165, 1.54) is 23.5 Å². The molecule has 0 spiro atoms. The van der Waals surface area contributed by atoms with Gasteiger partial charge in [0.2, 0.25) is 5.95 Å². The van der Waals surface area contributed by atoms with Gasteiger partial charge >= 0.3 is 6.18 Å². The van der Waals surface area contributed by atoms with Gasteiger partial charge in [0, 0.05) is 36.7 Å². The second-order valence-electron chi connectivity index (χ2n) is 5.64. The lowest BCUT2D eigenvalue weighted by Crippen LogP contribution is -2.10. The Morgan fingerprint density at radius 1 is 1.17 bits per heavy atom. The summed E-state index contributed by atoms with van der Waals surface area (Å²) in [6.07, 6.45) is 1.34. The van der Waals surface area contributed by atoms with E-state index in [0.29, 0.717) is 18.2 Å². The van der Waals surface area contributed by atoms with E-state index in [0.717, 1.165) is 24.8 Å². The summed E-state index contributed by atoms with van der Waals surface area (Å²) in [6.45, 7) is 0.503. The molecule has 2 aromatic heterocycles. The van der Waals surface area contributed by atoms with Crippen molar-refractivity contribution in [2.45, 2.75) is 44.8 Å². The first-order valence-electron chi connectivity index (χ1n) is 7.59. The molecule has 0 radical (unpaired) electrons. The molecule has 0 amide bonds. The Morgan fingerprint density at radius 3 is 2.87 bits per heavy atom. The highest BCUT2D eigenvalue weighted by molar-refractivity contribution is 5.32. The van der Waals surface area contributed by atoms with Crippen molar-refractivity contribution < 1.29 is 13.2 Å². The highest BCUT2D eigenvalue weighted by atomic mass is 19.4. The first-order chi connectivity index (χ1) is 11.0. The molecule has 0 unspecified atom stereocenters. The number of rotatable bonds is 5. The molecule has 0 bridgehead atoms. The van der Waals surface area contributed by atoms with Crippen molar-refractivity contribution in [2.24, 2.45) is 0 Å². The third-order valence-corrected chi connectivity index (χ3v) is 3.80.